The predicted octanol–water partition coefficient (Wildman–Crippen LogP) is 0.875. The molecule has 2 heterocycles. The Kier molecular flexibility index (Phi) is 3.82. The number of nitrogens with one attached hydrogen (secondary N) is 2. The van der Waals surface area contributed by atoms with Crippen molar-refractivity contribution in [3.63, 3.8) is 0 Å². The quantitative estimate of drug-likeness (QED) is 0.834. The molecule has 1 amide bonds. The highest BCUT2D eigenvalue weighted by atomic mass is 16.2. The molecule has 2 fully saturated rings. The second kappa shape index (κ2) is 5.75. The number of nitrogens with zero attached hydrogens (tertiary/aromatic N) is 3. The van der Waals surface area contributed by atoms with Gasteiger partial charge in [-0.1, -0.05) is 0 Å². The Balaban J connectivity index is 1.57. The van der Waals surface area contributed by atoms with Gasteiger partial charge in [-0.05, 0) is 26.2 Å². The molecule has 2 N–H and O–H groups in total. The summed E-state index contributed by atoms with van der Waals surface area (Å²) in [6.07, 6.45) is 6.81. The molecule has 1 aliphatic carbocycles. The molecular formula is C14H21N5O. The third-order valence-corrected chi connectivity index (χ3v) is 3.84. The van der Waals surface area contributed by atoms with E-state index in [-0.39, 0.29) is 11.9 Å². The summed E-state index contributed by atoms with van der Waals surface area (Å²) < 4.78 is 0. The number of amides is 1. The molecule has 0 aromatic carbocycles. The second-order valence-electron chi connectivity index (χ2n) is 5.51. The molecule has 1 atom stereocenters. The summed E-state index contributed by atoms with van der Waals surface area (Å²) in [6.45, 7) is 4.81. The van der Waals surface area contributed by atoms with Gasteiger partial charge in [-0.3, -0.25) is 14.7 Å². The third-order valence-electron chi connectivity index (χ3n) is 3.84. The van der Waals surface area contributed by atoms with Gasteiger partial charge in [-0.25, -0.2) is 4.98 Å². The van der Waals surface area contributed by atoms with Crippen LogP contribution in [0, 0.1) is 0 Å². The Morgan fingerprint density at radius 3 is 3.00 bits per heavy atom. The van der Waals surface area contributed by atoms with Crippen molar-refractivity contribution >= 4 is 11.7 Å². The van der Waals surface area contributed by atoms with Gasteiger partial charge < -0.3 is 10.6 Å². The summed E-state index contributed by atoms with van der Waals surface area (Å²) in [6, 6.07) is 1.02. The summed E-state index contributed by atoms with van der Waals surface area (Å²) in [5.41, 5.74) is 0.383. The lowest BCUT2D eigenvalue weighted by Gasteiger charge is -2.15. The number of hydrogen-bond donors (Lipinski definition) is 2. The van der Waals surface area contributed by atoms with E-state index >= 15 is 0 Å². The van der Waals surface area contributed by atoms with Crippen LogP contribution in [0.5, 0.6) is 0 Å². The fraction of sp³-hybridized carbons (Fsp3) is 0.643. The van der Waals surface area contributed by atoms with Crippen molar-refractivity contribution in [1.82, 2.24) is 20.2 Å². The van der Waals surface area contributed by atoms with Crippen LogP contribution in [0.1, 0.15) is 36.7 Å². The SMILES string of the molecule is CCNc1cncc(C(=O)NC2CCN(C3CC3)C2)n1. The molecular weight excluding hydrogens is 254 g/mol. The number of anilines is 1. The normalized spacial score (nSPS) is 22.8. The predicted molar refractivity (Wildman–Crippen MR) is 76.7 cm³/mol. The van der Waals surface area contributed by atoms with Crippen molar-refractivity contribution in [2.45, 2.75) is 38.3 Å². The van der Waals surface area contributed by atoms with Gasteiger partial charge in [0.2, 0.25) is 0 Å². The molecule has 1 aliphatic heterocycles. The zero-order chi connectivity index (χ0) is 13.9. The van der Waals surface area contributed by atoms with E-state index in [1.165, 1.54) is 19.0 Å². The van der Waals surface area contributed by atoms with Crippen LogP contribution in [0.4, 0.5) is 5.82 Å². The zero-order valence-electron chi connectivity index (χ0n) is 11.8. The van der Waals surface area contributed by atoms with Crippen LogP contribution in [0.25, 0.3) is 0 Å². The third kappa shape index (κ3) is 3.07. The first-order valence-corrected chi connectivity index (χ1v) is 7.37. The number of aromatic nitrogens is 2. The van der Waals surface area contributed by atoms with Gasteiger partial charge in [0.15, 0.2) is 0 Å². The molecule has 1 aromatic heterocycles. The van der Waals surface area contributed by atoms with Gasteiger partial charge >= 0.3 is 0 Å². The minimum absolute atomic E-state index is 0.125. The first-order valence-electron chi connectivity index (χ1n) is 7.37. The van der Waals surface area contributed by atoms with Crippen molar-refractivity contribution in [1.29, 1.82) is 0 Å². The second-order valence-corrected chi connectivity index (χ2v) is 5.51. The molecule has 1 saturated carbocycles. The molecule has 0 spiro atoms. The molecule has 108 valence electrons. The molecule has 0 bridgehead atoms. The van der Waals surface area contributed by atoms with Crippen LogP contribution in [0.3, 0.4) is 0 Å². The maximum absolute atomic E-state index is 12.2. The van der Waals surface area contributed by atoms with E-state index in [4.69, 9.17) is 0 Å². The molecule has 6 nitrogen and oxygen atoms in total. The first-order chi connectivity index (χ1) is 9.76. The Labute approximate surface area is 119 Å². The van der Waals surface area contributed by atoms with E-state index < -0.39 is 0 Å². The summed E-state index contributed by atoms with van der Waals surface area (Å²) in [7, 11) is 0. The number of carbonyl (C=O) groups excluding carboxylic acids is 1. The van der Waals surface area contributed by atoms with Gasteiger partial charge in [0, 0.05) is 31.7 Å². The fourth-order valence-electron chi connectivity index (χ4n) is 2.68. The molecule has 1 saturated heterocycles. The summed E-state index contributed by atoms with van der Waals surface area (Å²) in [4.78, 5) is 23.0. The molecule has 6 heteroatoms. The maximum atomic E-state index is 12.2. The maximum Gasteiger partial charge on any atom is 0.271 e. The van der Waals surface area contributed by atoms with Gasteiger partial charge in [0.1, 0.15) is 11.5 Å². The fourth-order valence-corrected chi connectivity index (χ4v) is 2.68. The molecule has 20 heavy (non-hydrogen) atoms. The average Bonchev–Trinajstić information content (AvgIpc) is 3.20. The van der Waals surface area contributed by atoms with Gasteiger partial charge in [-0.2, -0.15) is 0 Å². The molecule has 1 unspecified atom stereocenters. The Bertz CT molecular complexity index is 488. The van der Waals surface area contributed by atoms with Crippen LogP contribution in [0.15, 0.2) is 12.4 Å². The lowest BCUT2D eigenvalue weighted by Crippen LogP contribution is -2.38. The van der Waals surface area contributed by atoms with Crippen molar-refractivity contribution in [2.24, 2.45) is 0 Å². The standard InChI is InChI=1S/C14H21N5O/c1-2-16-13-8-15-7-12(18-13)14(20)17-10-5-6-19(9-10)11-3-4-11/h7-8,10-11H,2-6,9H2,1H3,(H,16,18)(H,17,20). The van der Waals surface area contributed by atoms with E-state index in [9.17, 15) is 4.79 Å². The van der Waals surface area contributed by atoms with E-state index in [1.807, 2.05) is 6.92 Å². The summed E-state index contributed by atoms with van der Waals surface area (Å²) in [5.74, 6) is 0.520. The Hall–Kier alpha value is -1.69. The molecule has 3 rings (SSSR count). The average molecular weight is 275 g/mol. The Morgan fingerprint density at radius 1 is 1.40 bits per heavy atom. The van der Waals surface area contributed by atoms with Crippen molar-refractivity contribution in [2.75, 3.05) is 25.0 Å². The van der Waals surface area contributed by atoms with Crippen molar-refractivity contribution in [3.05, 3.63) is 18.1 Å². The molecule has 2 aliphatic rings. The zero-order valence-corrected chi connectivity index (χ0v) is 11.8. The number of rotatable bonds is 5. The van der Waals surface area contributed by atoms with Crippen LogP contribution in [-0.4, -0.2) is 52.5 Å². The minimum atomic E-state index is -0.125. The Morgan fingerprint density at radius 2 is 2.25 bits per heavy atom. The first kappa shape index (κ1) is 13.3. The van der Waals surface area contributed by atoms with E-state index in [0.717, 1.165) is 32.1 Å². The number of carbonyl (C=O) groups is 1. The highest BCUT2D eigenvalue weighted by molar-refractivity contribution is 5.92. The van der Waals surface area contributed by atoms with Crippen LogP contribution in [0.2, 0.25) is 0 Å². The van der Waals surface area contributed by atoms with E-state index in [0.29, 0.717) is 11.5 Å². The molecule has 0 radical (unpaired) electrons. The van der Waals surface area contributed by atoms with Gasteiger partial charge in [0.25, 0.3) is 5.91 Å². The van der Waals surface area contributed by atoms with Crippen LogP contribution >= 0.6 is 0 Å². The lowest BCUT2D eigenvalue weighted by molar-refractivity contribution is 0.0932. The summed E-state index contributed by atoms with van der Waals surface area (Å²) >= 11 is 0. The monoisotopic (exact) mass is 275 g/mol. The largest absolute Gasteiger partial charge is 0.369 e. The van der Waals surface area contributed by atoms with Crippen molar-refractivity contribution < 1.29 is 4.79 Å². The number of hydrogen-bond acceptors (Lipinski definition) is 5. The van der Waals surface area contributed by atoms with Gasteiger partial charge in [-0.15, -0.1) is 0 Å². The summed E-state index contributed by atoms with van der Waals surface area (Å²) in [5, 5.41) is 6.13. The van der Waals surface area contributed by atoms with Crippen LogP contribution < -0.4 is 10.6 Å². The van der Waals surface area contributed by atoms with E-state index in [2.05, 4.69) is 25.5 Å². The lowest BCUT2D eigenvalue weighted by atomic mass is 10.2. The molecule has 1 aromatic rings. The van der Waals surface area contributed by atoms with Gasteiger partial charge in [0.05, 0.1) is 12.4 Å². The smallest absolute Gasteiger partial charge is 0.271 e. The topological polar surface area (TPSA) is 70.2 Å². The van der Waals surface area contributed by atoms with E-state index in [1.54, 1.807) is 6.20 Å². The van der Waals surface area contributed by atoms with Crippen LogP contribution in [-0.2, 0) is 0 Å². The highest BCUT2D eigenvalue weighted by Crippen LogP contribution is 2.29. The highest BCUT2D eigenvalue weighted by Gasteiger charge is 2.34. The number of likely N-dealkylation sites (tertiary alicyclic amines) is 1. The van der Waals surface area contributed by atoms with Crippen molar-refractivity contribution in [3.8, 4) is 0 Å². The minimum Gasteiger partial charge on any atom is -0.369 e.